The molecule has 1 aromatic carbocycles. The lowest BCUT2D eigenvalue weighted by molar-refractivity contribution is -0.121. The van der Waals surface area contributed by atoms with Crippen molar-refractivity contribution < 1.29 is 4.79 Å². The topological polar surface area (TPSA) is 72.7 Å². The van der Waals surface area contributed by atoms with E-state index >= 15 is 0 Å². The largest absolute Gasteiger partial charge is 0.353 e. The van der Waals surface area contributed by atoms with Crippen LogP contribution in [0.15, 0.2) is 35.5 Å². The second-order valence-corrected chi connectivity index (χ2v) is 7.12. The molecule has 1 heterocycles. The first-order valence-corrected chi connectivity index (χ1v) is 8.60. The van der Waals surface area contributed by atoms with Gasteiger partial charge in [0.25, 0.3) is 0 Å². The molecule has 124 valence electrons. The van der Waals surface area contributed by atoms with Crippen LogP contribution in [-0.2, 0) is 17.3 Å². The molecular weight excluding hydrogens is 310 g/mol. The minimum absolute atomic E-state index is 0.0406. The van der Waals surface area contributed by atoms with Gasteiger partial charge in [-0.2, -0.15) is 0 Å². The Kier molecular flexibility index (Phi) is 5.76. The molecule has 0 aliphatic carbocycles. The van der Waals surface area contributed by atoms with Gasteiger partial charge in [-0.1, -0.05) is 55.9 Å². The molecule has 0 saturated carbocycles. The standard InChI is InChI=1S/C16H23N5OS/c1-12(16(2,3)13-8-6-5-7-9-13)17-14(22)10-11-23-15-18-19-20-21(15)4/h5-9,12H,10-11H2,1-4H3,(H,17,22)/t12-/m0/s1. The van der Waals surface area contributed by atoms with Crippen LogP contribution in [-0.4, -0.2) is 37.9 Å². The van der Waals surface area contributed by atoms with Gasteiger partial charge in [-0.3, -0.25) is 4.79 Å². The smallest absolute Gasteiger partial charge is 0.221 e. The van der Waals surface area contributed by atoms with E-state index in [1.54, 1.807) is 11.7 Å². The van der Waals surface area contributed by atoms with Gasteiger partial charge in [0.05, 0.1) is 0 Å². The Labute approximate surface area is 141 Å². The van der Waals surface area contributed by atoms with E-state index in [4.69, 9.17) is 0 Å². The molecule has 0 fully saturated rings. The summed E-state index contributed by atoms with van der Waals surface area (Å²) in [5.41, 5.74) is 1.09. The molecule has 0 unspecified atom stereocenters. The highest BCUT2D eigenvalue weighted by molar-refractivity contribution is 7.99. The number of amides is 1. The summed E-state index contributed by atoms with van der Waals surface area (Å²) >= 11 is 1.48. The lowest BCUT2D eigenvalue weighted by Crippen LogP contribution is -2.45. The average Bonchev–Trinajstić information content (AvgIpc) is 2.93. The zero-order valence-electron chi connectivity index (χ0n) is 14.0. The number of carbonyl (C=O) groups is 1. The van der Waals surface area contributed by atoms with Crippen LogP contribution in [0.2, 0.25) is 0 Å². The quantitative estimate of drug-likeness (QED) is 0.786. The van der Waals surface area contributed by atoms with Gasteiger partial charge in [0.1, 0.15) is 0 Å². The molecule has 6 nitrogen and oxygen atoms in total. The van der Waals surface area contributed by atoms with Crippen molar-refractivity contribution in [3.63, 3.8) is 0 Å². The second kappa shape index (κ2) is 7.59. The minimum Gasteiger partial charge on any atom is -0.353 e. The Morgan fingerprint density at radius 3 is 2.65 bits per heavy atom. The highest BCUT2D eigenvalue weighted by Crippen LogP contribution is 2.26. The molecule has 1 amide bonds. The Balaban J connectivity index is 1.83. The highest BCUT2D eigenvalue weighted by atomic mass is 32.2. The van der Waals surface area contributed by atoms with Gasteiger partial charge >= 0.3 is 0 Å². The molecule has 1 atom stereocenters. The van der Waals surface area contributed by atoms with Crippen LogP contribution in [0.5, 0.6) is 0 Å². The summed E-state index contributed by atoms with van der Waals surface area (Å²) in [7, 11) is 1.78. The predicted octanol–water partition coefficient (Wildman–Crippen LogP) is 2.17. The van der Waals surface area contributed by atoms with Gasteiger partial charge in [-0.05, 0) is 22.9 Å². The summed E-state index contributed by atoms with van der Waals surface area (Å²) < 4.78 is 1.60. The summed E-state index contributed by atoms with van der Waals surface area (Å²) in [5, 5.41) is 15.0. The van der Waals surface area contributed by atoms with Crippen molar-refractivity contribution in [3.05, 3.63) is 35.9 Å². The molecule has 1 N–H and O–H groups in total. The maximum atomic E-state index is 12.2. The molecule has 0 aliphatic rings. The SMILES string of the molecule is C[C@H](NC(=O)CCSc1nnnn1C)C(C)(C)c1ccccc1. The number of aromatic nitrogens is 4. The number of thioether (sulfide) groups is 1. The number of carbonyl (C=O) groups excluding carboxylic acids is 1. The van der Waals surface area contributed by atoms with E-state index in [0.717, 1.165) is 5.16 Å². The number of hydrogen-bond donors (Lipinski definition) is 1. The molecule has 0 spiro atoms. The van der Waals surface area contributed by atoms with Gasteiger partial charge in [0.2, 0.25) is 11.1 Å². The maximum Gasteiger partial charge on any atom is 0.221 e. The number of aryl methyl sites for hydroxylation is 1. The number of hydrogen-bond acceptors (Lipinski definition) is 5. The van der Waals surface area contributed by atoms with E-state index in [9.17, 15) is 4.79 Å². The van der Waals surface area contributed by atoms with Gasteiger partial charge in [0, 0.05) is 30.7 Å². The third kappa shape index (κ3) is 4.54. The van der Waals surface area contributed by atoms with Gasteiger partial charge in [-0.15, -0.1) is 5.10 Å². The number of tetrazole rings is 1. The van der Waals surface area contributed by atoms with Crippen LogP contribution >= 0.6 is 11.8 Å². The molecule has 23 heavy (non-hydrogen) atoms. The fourth-order valence-electron chi connectivity index (χ4n) is 2.19. The summed E-state index contributed by atoms with van der Waals surface area (Å²) in [5.74, 6) is 0.697. The van der Waals surface area contributed by atoms with Crippen molar-refractivity contribution in [3.8, 4) is 0 Å². The summed E-state index contributed by atoms with van der Waals surface area (Å²) in [6.07, 6.45) is 0.437. The third-order valence-corrected chi connectivity index (χ3v) is 5.13. The summed E-state index contributed by atoms with van der Waals surface area (Å²) in [4.78, 5) is 12.2. The van der Waals surface area contributed by atoms with Gasteiger partial charge < -0.3 is 5.32 Å². The molecule has 2 aromatic rings. The van der Waals surface area contributed by atoms with Crippen molar-refractivity contribution in [2.75, 3.05) is 5.75 Å². The molecule has 0 bridgehead atoms. The normalized spacial score (nSPS) is 12.9. The lowest BCUT2D eigenvalue weighted by Gasteiger charge is -2.33. The van der Waals surface area contributed by atoms with Crippen LogP contribution in [0.3, 0.4) is 0 Å². The van der Waals surface area contributed by atoms with Crippen molar-refractivity contribution in [1.29, 1.82) is 0 Å². The molecule has 7 heteroatoms. The molecule has 1 aromatic heterocycles. The predicted molar refractivity (Wildman–Crippen MR) is 91.2 cm³/mol. The Bertz CT molecular complexity index is 641. The number of benzene rings is 1. The third-order valence-electron chi connectivity index (χ3n) is 4.12. The van der Waals surface area contributed by atoms with Gasteiger partial charge in [-0.25, -0.2) is 4.68 Å². The monoisotopic (exact) mass is 333 g/mol. The van der Waals surface area contributed by atoms with Crippen LogP contribution in [0, 0.1) is 0 Å². The minimum atomic E-state index is -0.127. The van der Waals surface area contributed by atoms with Crippen LogP contribution < -0.4 is 5.32 Å². The first-order chi connectivity index (χ1) is 10.9. The number of rotatable bonds is 7. The Morgan fingerprint density at radius 2 is 2.04 bits per heavy atom. The second-order valence-electron chi connectivity index (χ2n) is 6.06. The summed E-state index contributed by atoms with van der Waals surface area (Å²) in [6.45, 7) is 6.34. The van der Waals surface area contributed by atoms with E-state index in [1.807, 2.05) is 25.1 Å². The molecule has 0 aliphatic heterocycles. The molecule has 0 saturated heterocycles. The van der Waals surface area contributed by atoms with E-state index < -0.39 is 0 Å². The lowest BCUT2D eigenvalue weighted by atomic mass is 9.78. The maximum absolute atomic E-state index is 12.2. The van der Waals surface area contributed by atoms with E-state index in [-0.39, 0.29) is 17.4 Å². The van der Waals surface area contributed by atoms with Crippen molar-refractivity contribution in [2.24, 2.45) is 7.05 Å². The Hall–Kier alpha value is -1.89. The van der Waals surface area contributed by atoms with Gasteiger partial charge in [0.15, 0.2) is 0 Å². The summed E-state index contributed by atoms with van der Waals surface area (Å²) in [6, 6.07) is 10.3. The van der Waals surface area contributed by atoms with Crippen molar-refractivity contribution in [1.82, 2.24) is 25.5 Å². The van der Waals surface area contributed by atoms with Crippen LogP contribution in [0.4, 0.5) is 0 Å². The fraction of sp³-hybridized carbons (Fsp3) is 0.500. The van der Waals surface area contributed by atoms with E-state index in [1.165, 1.54) is 17.3 Å². The number of nitrogens with zero attached hydrogens (tertiary/aromatic N) is 4. The molecule has 0 radical (unpaired) electrons. The molecule has 2 rings (SSSR count). The zero-order valence-corrected chi connectivity index (χ0v) is 14.8. The fourth-order valence-corrected chi connectivity index (χ4v) is 2.98. The first kappa shape index (κ1) is 17.5. The Morgan fingerprint density at radius 1 is 1.35 bits per heavy atom. The highest BCUT2D eigenvalue weighted by Gasteiger charge is 2.28. The average molecular weight is 333 g/mol. The first-order valence-electron chi connectivity index (χ1n) is 7.61. The van der Waals surface area contributed by atoms with Crippen molar-refractivity contribution >= 4 is 17.7 Å². The molecular formula is C16H23N5OS. The van der Waals surface area contributed by atoms with Crippen LogP contribution in [0.1, 0.15) is 32.8 Å². The van der Waals surface area contributed by atoms with E-state index in [0.29, 0.717) is 12.2 Å². The van der Waals surface area contributed by atoms with Crippen LogP contribution in [0.25, 0.3) is 0 Å². The number of nitrogens with one attached hydrogen (secondary N) is 1. The van der Waals surface area contributed by atoms with E-state index in [2.05, 4.69) is 46.8 Å². The van der Waals surface area contributed by atoms with Crippen molar-refractivity contribution in [2.45, 2.75) is 43.8 Å². The zero-order chi connectivity index (χ0) is 16.9.